The van der Waals surface area contributed by atoms with Gasteiger partial charge in [0.25, 0.3) is 0 Å². The van der Waals surface area contributed by atoms with Crippen LogP contribution < -0.4 is 4.74 Å². The molecule has 1 aromatic rings. The van der Waals surface area contributed by atoms with E-state index in [2.05, 4.69) is 35.8 Å². The number of rotatable bonds is 1. The van der Waals surface area contributed by atoms with Crippen molar-refractivity contribution in [3.63, 3.8) is 0 Å². The van der Waals surface area contributed by atoms with E-state index in [1.807, 2.05) is 0 Å². The molecule has 5 heteroatoms. The summed E-state index contributed by atoms with van der Waals surface area (Å²) in [5.41, 5.74) is 2.32. The first-order chi connectivity index (χ1) is 10.9. The number of fused-ring (bicyclic) bond motifs is 1. The fourth-order valence-corrected chi connectivity index (χ4v) is 5.12. The van der Waals surface area contributed by atoms with Crippen LogP contribution in [0.4, 0.5) is 0 Å². The molecule has 0 aromatic heterocycles. The van der Waals surface area contributed by atoms with Gasteiger partial charge in [0.2, 0.25) is 0 Å². The van der Waals surface area contributed by atoms with Crippen LogP contribution >= 0.6 is 27.5 Å². The van der Waals surface area contributed by atoms with Gasteiger partial charge in [-0.2, -0.15) is 0 Å². The average molecular weight is 402 g/mol. The van der Waals surface area contributed by atoms with Crippen LogP contribution in [-0.4, -0.2) is 24.6 Å². The lowest BCUT2D eigenvalue weighted by atomic mass is 9.74. The zero-order valence-corrected chi connectivity index (χ0v) is 15.9. The van der Waals surface area contributed by atoms with Crippen molar-refractivity contribution in [2.75, 3.05) is 13.2 Å². The molecule has 1 aliphatic carbocycles. The molecule has 0 N–H and O–H groups in total. The van der Waals surface area contributed by atoms with Gasteiger partial charge in [-0.15, -0.1) is 0 Å². The van der Waals surface area contributed by atoms with Gasteiger partial charge in [0, 0.05) is 29.3 Å². The highest BCUT2D eigenvalue weighted by Crippen LogP contribution is 2.51. The van der Waals surface area contributed by atoms with Crippen molar-refractivity contribution in [1.82, 2.24) is 0 Å². The first kappa shape index (κ1) is 16.2. The first-order valence-electron chi connectivity index (χ1n) is 8.37. The maximum absolute atomic E-state index is 6.46. The molecule has 3 aliphatic rings. The van der Waals surface area contributed by atoms with Crippen LogP contribution in [-0.2, 0) is 15.9 Å². The maximum Gasteiger partial charge on any atom is 0.168 e. The van der Waals surface area contributed by atoms with Crippen LogP contribution in [0.1, 0.15) is 43.7 Å². The SMILES string of the molecule is Cc1cc(Br)c(Cl)c2c1CC(C)(C1CCC3(CC1)OCCO3)O2. The molecule has 1 saturated heterocycles. The van der Waals surface area contributed by atoms with Crippen LogP contribution in [0.25, 0.3) is 0 Å². The highest BCUT2D eigenvalue weighted by Gasteiger charge is 2.49. The predicted molar refractivity (Wildman–Crippen MR) is 93.2 cm³/mol. The molecule has 23 heavy (non-hydrogen) atoms. The Labute approximate surface area is 150 Å². The van der Waals surface area contributed by atoms with E-state index in [0.717, 1.165) is 55.5 Å². The van der Waals surface area contributed by atoms with Crippen molar-refractivity contribution in [2.45, 2.75) is 57.3 Å². The molecule has 3 nitrogen and oxygen atoms in total. The largest absolute Gasteiger partial charge is 0.485 e. The molecule has 0 radical (unpaired) electrons. The molecule has 1 aromatic carbocycles. The van der Waals surface area contributed by atoms with Gasteiger partial charge in [-0.3, -0.25) is 0 Å². The standard InChI is InChI=1S/C18H22BrClO3/c1-11-9-14(19)15(20)16-13(11)10-17(2,23-16)12-3-5-18(6-4-12)21-7-8-22-18/h9,12H,3-8,10H2,1-2H3. The molecule has 126 valence electrons. The number of hydrogen-bond donors (Lipinski definition) is 0. The van der Waals surface area contributed by atoms with Crippen molar-refractivity contribution in [3.05, 3.63) is 26.7 Å². The Kier molecular flexibility index (Phi) is 3.96. The molecule has 2 heterocycles. The molecule has 2 aliphatic heterocycles. The fraction of sp³-hybridized carbons (Fsp3) is 0.667. The topological polar surface area (TPSA) is 27.7 Å². The Morgan fingerprint density at radius 1 is 1.22 bits per heavy atom. The van der Waals surface area contributed by atoms with Crippen LogP contribution in [0.5, 0.6) is 5.75 Å². The van der Waals surface area contributed by atoms with Gasteiger partial charge in [0.05, 0.1) is 18.2 Å². The van der Waals surface area contributed by atoms with Crippen LogP contribution in [0.15, 0.2) is 10.5 Å². The van der Waals surface area contributed by atoms with Crippen molar-refractivity contribution < 1.29 is 14.2 Å². The molecule has 0 amide bonds. The maximum atomic E-state index is 6.46. The van der Waals surface area contributed by atoms with E-state index in [4.69, 9.17) is 25.8 Å². The Balaban J connectivity index is 1.55. The van der Waals surface area contributed by atoms with E-state index in [-0.39, 0.29) is 11.4 Å². The summed E-state index contributed by atoms with van der Waals surface area (Å²) in [5, 5.41) is 0.698. The summed E-state index contributed by atoms with van der Waals surface area (Å²) in [7, 11) is 0. The molecular formula is C18H22BrClO3. The van der Waals surface area contributed by atoms with Gasteiger partial charge in [0.1, 0.15) is 11.4 Å². The van der Waals surface area contributed by atoms with Crippen molar-refractivity contribution in [2.24, 2.45) is 5.92 Å². The van der Waals surface area contributed by atoms with E-state index in [0.29, 0.717) is 10.9 Å². The molecule has 2 fully saturated rings. The van der Waals surface area contributed by atoms with Gasteiger partial charge < -0.3 is 14.2 Å². The second kappa shape index (κ2) is 5.62. The highest BCUT2D eigenvalue weighted by molar-refractivity contribution is 9.10. The minimum atomic E-state index is -0.311. The summed E-state index contributed by atoms with van der Waals surface area (Å²) in [6, 6.07) is 2.09. The van der Waals surface area contributed by atoms with E-state index in [1.165, 1.54) is 11.1 Å². The zero-order chi connectivity index (χ0) is 16.2. The van der Waals surface area contributed by atoms with Crippen molar-refractivity contribution in [1.29, 1.82) is 0 Å². The van der Waals surface area contributed by atoms with Gasteiger partial charge in [-0.25, -0.2) is 0 Å². The van der Waals surface area contributed by atoms with Gasteiger partial charge in [-0.1, -0.05) is 11.6 Å². The summed E-state index contributed by atoms with van der Waals surface area (Å²) in [5.74, 6) is 1.06. The minimum Gasteiger partial charge on any atom is -0.485 e. The molecular weight excluding hydrogens is 380 g/mol. The number of ether oxygens (including phenoxy) is 3. The number of aryl methyl sites for hydroxylation is 1. The third-order valence-electron chi connectivity index (χ3n) is 5.79. The summed E-state index contributed by atoms with van der Waals surface area (Å²) >= 11 is 9.99. The van der Waals surface area contributed by atoms with E-state index < -0.39 is 0 Å². The monoisotopic (exact) mass is 400 g/mol. The Morgan fingerprint density at radius 2 is 1.87 bits per heavy atom. The fourth-order valence-electron chi connectivity index (χ4n) is 4.39. The van der Waals surface area contributed by atoms with Gasteiger partial charge in [0.15, 0.2) is 5.79 Å². The molecule has 4 rings (SSSR count). The van der Waals surface area contributed by atoms with Gasteiger partial charge in [-0.05, 0) is 60.2 Å². The van der Waals surface area contributed by atoms with Crippen molar-refractivity contribution in [3.8, 4) is 5.75 Å². The van der Waals surface area contributed by atoms with E-state index in [1.54, 1.807) is 0 Å². The normalized spacial score (nSPS) is 29.7. The second-order valence-electron chi connectivity index (χ2n) is 7.27. The second-order valence-corrected chi connectivity index (χ2v) is 8.50. The summed E-state index contributed by atoms with van der Waals surface area (Å²) in [6.45, 7) is 5.82. The van der Waals surface area contributed by atoms with E-state index >= 15 is 0 Å². The third-order valence-corrected chi connectivity index (χ3v) is 7.02. The van der Waals surface area contributed by atoms with Crippen LogP contribution in [0.2, 0.25) is 5.02 Å². The Morgan fingerprint density at radius 3 is 2.52 bits per heavy atom. The summed E-state index contributed by atoms with van der Waals surface area (Å²) in [6.07, 6.45) is 5.00. The minimum absolute atomic E-state index is 0.183. The number of halogens is 2. The summed E-state index contributed by atoms with van der Waals surface area (Å²) in [4.78, 5) is 0. The lowest BCUT2D eigenvalue weighted by Crippen LogP contribution is -2.45. The van der Waals surface area contributed by atoms with Crippen LogP contribution in [0, 0.1) is 12.8 Å². The molecule has 1 atom stereocenters. The van der Waals surface area contributed by atoms with Crippen LogP contribution in [0.3, 0.4) is 0 Å². The van der Waals surface area contributed by atoms with Gasteiger partial charge >= 0.3 is 0 Å². The number of benzene rings is 1. The quantitative estimate of drug-likeness (QED) is 0.660. The Hall–Kier alpha value is -0.290. The smallest absolute Gasteiger partial charge is 0.168 e. The zero-order valence-electron chi connectivity index (χ0n) is 13.6. The molecule has 1 unspecified atom stereocenters. The molecule has 1 saturated carbocycles. The molecule has 0 bridgehead atoms. The average Bonchev–Trinajstić information content (AvgIpc) is 3.12. The molecule has 1 spiro atoms. The Bertz CT molecular complexity index is 632. The third kappa shape index (κ3) is 2.62. The van der Waals surface area contributed by atoms with Crippen molar-refractivity contribution >= 4 is 27.5 Å². The highest BCUT2D eigenvalue weighted by atomic mass is 79.9. The number of hydrogen-bond acceptors (Lipinski definition) is 3. The summed E-state index contributed by atoms with van der Waals surface area (Å²) < 4.78 is 19.0. The predicted octanol–water partition coefficient (Wildman–Crippen LogP) is 5.04. The first-order valence-corrected chi connectivity index (χ1v) is 9.54. The lowest BCUT2D eigenvalue weighted by Gasteiger charge is -2.41. The lowest BCUT2D eigenvalue weighted by molar-refractivity contribution is -0.190. The van der Waals surface area contributed by atoms with E-state index in [9.17, 15) is 0 Å².